The Bertz CT molecular complexity index is 312. The fourth-order valence-electron chi connectivity index (χ4n) is 1.70. The van der Waals surface area contributed by atoms with Gasteiger partial charge in [-0.2, -0.15) is 0 Å². The monoisotopic (exact) mass is 270 g/mol. The molecule has 0 bridgehead atoms. The van der Waals surface area contributed by atoms with Gasteiger partial charge in [-0.05, 0) is 47.3 Å². The second kappa shape index (κ2) is 4.99. The van der Waals surface area contributed by atoms with Crippen LogP contribution in [0.3, 0.4) is 0 Å². The zero-order chi connectivity index (χ0) is 10.7. The molecule has 1 fully saturated rings. The molecule has 0 saturated carbocycles. The summed E-state index contributed by atoms with van der Waals surface area (Å²) in [5.74, 6) is 0.907. The van der Waals surface area contributed by atoms with E-state index < -0.39 is 0 Å². The van der Waals surface area contributed by atoms with Crippen LogP contribution in [0.25, 0.3) is 0 Å². The Labute approximate surface area is 98.7 Å². The highest BCUT2D eigenvalue weighted by Crippen LogP contribution is 2.30. The summed E-state index contributed by atoms with van der Waals surface area (Å²) in [4.78, 5) is 0. The number of ether oxygens (including phenoxy) is 2. The van der Waals surface area contributed by atoms with Gasteiger partial charge < -0.3 is 9.47 Å². The standard InChI is InChI=1S/C12H15BrO2/c1-9-5-4-6-10(13)12(9)15-11-7-2-3-8-14-11/h4-6,11H,2-3,7-8H2,1H3. The fraction of sp³-hybridized carbons (Fsp3) is 0.500. The number of hydrogen-bond acceptors (Lipinski definition) is 2. The maximum Gasteiger partial charge on any atom is 0.199 e. The highest BCUT2D eigenvalue weighted by Gasteiger charge is 2.17. The van der Waals surface area contributed by atoms with E-state index in [4.69, 9.17) is 9.47 Å². The van der Waals surface area contributed by atoms with E-state index in [-0.39, 0.29) is 6.29 Å². The fourth-order valence-corrected chi connectivity index (χ4v) is 2.26. The summed E-state index contributed by atoms with van der Waals surface area (Å²) in [7, 11) is 0. The Morgan fingerprint density at radius 1 is 1.40 bits per heavy atom. The molecule has 0 aliphatic carbocycles. The van der Waals surface area contributed by atoms with Gasteiger partial charge in [-0.1, -0.05) is 12.1 Å². The van der Waals surface area contributed by atoms with Crippen LogP contribution in [0.1, 0.15) is 24.8 Å². The van der Waals surface area contributed by atoms with E-state index in [1.165, 1.54) is 6.42 Å². The summed E-state index contributed by atoms with van der Waals surface area (Å²) in [5, 5.41) is 0. The second-order valence-electron chi connectivity index (χ2n) is 3.80. The van der Waals surface area contributed by atoms with Gasteiger partial charge in [0.05, 0.1) is 11.1 Å². The van der Waals surface area contributed by atoms with Crippen molar-refractivity contribution in [1.29, 1.82) is 0 Å². The molecular formula is C12H15BrO2. The Kier molecular flexibility index (Phi) is 3.65. The van der Waals surface area contributed by atoms with Gasteiger partial charge >= 0.3 is 0 Å². The predicted octanol–water partition coefficient (Wildman–Crippen LogP) is 3.66. The van der Waals surface area contributed by atoms with E-state index in [9.17, 15) is 0 Å². The van der Waals surface area contributed by atoms with Crippen LogP contribution in [0, 0.1) is 6.92 Å². The number of halogens is 1. The summed E-state index contributed by atoms with van der Waals surface area (Å²) in [5.41, 5.74) is 1.14. The average molecular weight is 271 g/mol. The van der Waals surface area contributed by atoms with Crippen LogP contribution in [0.15, 0.2) is 22.7 Å². The zero-order valence-electron chi connectivity index (χ0n) is 8.83. The molecule has 82 valence electrons. The SMILES string of the molecule is Cc1cccc(Br)c1OC1CCCCO1. The van der Waals surface area contributed by atoms with E-state index >= 15 is 0 Å². The van der Waals surface area contributed by atoms with Crippen LogP contribution in [0.2, 0.25) is 0 Å². The van der Waals surface area contributed by atoms with Gasteiger partial charge in [0.2, 0.25) is 0 Å². The smallest absolute Gasteiger partial charge is 0.199 e. The first-order valence-corrected chi connectivity index (χ1v) is 6.10. The van der Waals surface area contributed by atoms with Crippen LogP contribution in [0.4, 0.5) is 0 Å². The van der Waals surface area contributed by atoms with Crippen molar-refractivity contribution in [2.45, 2.75) is 32.5 Å². The summed E-state index contributed by atoms with van der Waals surface area (Å²) in [6.45, 7) is 2.86. The highest BCUT2D eigenvalue weighted by atomic mass is 79.9. The summed E-state index contributed by atoms with van der Waals surface area (Å²) < 4.78 is 12.4. The number of benzene rings is 1. The van der Waals surface area contributed by atoms with Crippen molar-refractivity contribution in [3.8, 4) is 5.75 Å². The van der Waals surface area contributed by atoms with E-state index in [0.29, 0.717) is 0 Å². The first-order chi connectivity index (χ1) is 7.27. The molecule has 3 heteroatoms. The van der Waals surface area contributed by atoms with Crippen LogP contribution >= 0.6 is 15.9 Å². The minimum absolute atomic E-state index is 0.0730. The van der Waals surface area contributed by atoms with Gasteiger partial charge in [-0.25, -0.2) is 0 Å². The minimum Gasteiger partial charge on any atom is -0.463 e. The third-order valence-corrected chi connectivity index (χ3v) is 3.18. The van der Waals surface area contributed by atoms with Crippen molar-refractivity contribution in [1.82, 2.24) is 0 Å². The van der Waals surface area contributed by atoms with Gasteiger partial charge in [0.1, 0.15) is 5.75 Å². The Balaban J connectivity index is 2.09. The predicted molar refractivity (Wildman–Crippen MR) is 63.1 cm³/mol. The lowest BCUT2D eigenvalue weighted by Gasteiger charge is -2.24. The molecule has 0 N–H and O–H groups in total. The maximum absolute atomic E-state index is 5.85. The van der Waals surface area contributed by atoms with Gasteiger partial charge in [-0.15, -0.1) is 0 Å². The summed E-state index contributed by atoms with van der Waals surface area (Å²) >= 11 is 3.49. The quantitative estimate of drug-likeness (QED) is 0.817. The molecule has 1 aromatic carbocycles. The van der Waals surface area contributed by atoms with Crippen molar-refractivity contribution in [2.75, 3.05) is 6.61 Å². The normalized spacial score (nSPS) is 21.3. The Hall–Kier alpha value is -0.540. The molecular weight excluding hydrogens is 256 g/mol. The van der Waals surface area contributed by atoms with Gasteiger partial charge in [0.15, 0.2) is 6.29 Å². The summed E-state index contributed by atoms with van der Waals surface area (Å²) in [6.07, 6.45) is 3.25. The Morgan fingerprint density at radius 2 is 2.27 bits per heavy atom. The van der Waals surface area contributed by atoms with Gasteiger partial charge in [0.25, 0.3) is 0 Å². The van der Waals surface area contributed by atoms with Crippen LogP contribution in [-0.4, -0.2) is 12.9 Å². The van der Waals surface area contributed by atoms with E-state index in [1.54, 1.807) is 0 Å². The average Bonchev–Trinajstić information content (AvgIpc) is 2.25. The molecule has 1 saturated heterocycles. The van der Waals surface area contributed by atoms with Crippen LogP contribution in [-0.2, 0) is 4.74 Å². The van der Waals surface area contributed by atoms with E-state index in [0.717, 1.165) is 35.2 Å². The molecule has 1 unspecified atom stereocenters. The van der Waals surface area contributed by atoms with Crippen molar-refractivity contribution in [3.63, 3.8) is 0 Å². The molecule has 2 nitrogen and oxygen atoms in total. The van der Waals surface area contributed by atoms with Crippen molar-refractivity contribution >= 4 is 15.9 Å². The van der Waals surface area contributed by atoms with Crippen LogP contribution in [0.5, 0.6) is 5.75 Å². The van der Waals surface area contributed by atoms with E-state index in [2.05, 4.69) is 15.9 Å². The molecule has 0 aromatic heterocycles. The third-order valence-electron chi connectivity index (χ3n) is 2.55. The Morgan fingerprint density at radius 3 is 2.93 bits per heavy atom. The number of para-hydroxylation sites is 1. The molecule has 0 amide bonds. The zero-order valence-corrected chi connectivity index (χ0v) is 10.4. The molecule has 1 heterocycles. The number of hydrogen-bond donors (Lipinski definition) is 0. The molecule has 1 aromatic rings. The highest BCUT2D eigenvalue weighted by molar-refractivity contribution is 9.10. The topological polar surface area (TPSA) is 18.5 Å². The molecule has 15 heavy (non-hydrogen) atoms. The van der Waals surface area contributed by atoms with Crippen LogP contribution < -0.4 is 4.74 Å². The first kappa shape index (κ1) is 11.0. The van der Waals surface area contributed by atoms with Crippen molar-refractivity contribution in [2.24, 2.45) is 0 Å². The van der Waals surface area contributed by atoms with E-state index in [1.807, 2.05) is 25.1 Å². The minimum atomic E-state index is -0.0730. The van der Waals surface area contributed by atoms with Gasteiger partial charge in [-0.3, -0.25) is 0 Å². The molecule has 1 aliphatic heterocycles. The largest absolute Gasteiger partial charge is 0.463 e. The van der Waals surface area contributed by atoms with Crippen molar-refractivity contribution < 1.29 is 9.47 Å². The molecule has 1 atom stereocenters. The maximum atomic E-state index is 5.85. The van der Waals surface area contributed by atoms with Gasteiger partial charge in [0, 0.05) is 6.42 Å². The lowest BCUT2D eigenvalue weighted by atomic mass is 10.2. The number of aryl methyl sites for hydroxylation is 1. The lowest BCUT2D eigenvalue weighted by Crippen LogP contribution is -2.25. The second-order valence-corrected chi connectivity index (χ2v) is 4.65. The van der Waals surface area contributed by atoms with Crippen molar-refractivity contribution in [3.05, 3.63) is 28.2 Å². The number of rotatable bonds is 2. The molecule has 1 aliphatic rings. The summed E-state index contributed by atoms with van der Waals surface area (Å²) in [6, 6.07) is 6.04. The molecule has 0 spiro atoms. The lowest BCUT2D eigenvalue weighted by molar-refractivity contribution is -0.106. The molecule has 0 radical (unpaired) electrons. The third kappa shape index (κ3) is 2.73. The molecule has 2 rings (SSSR count). The first-order valence-electron chi connectivity index (χ1n) is 5.31.